The number of hydrogen-bond donors (Lipinski definition) is 3. The number of nitrogens with one attached hydrogen (secondary N) is 1. The molecular weight excluding hydrogens is 518 g/mol. The molecule has 0 atom stereocenters. The Morgan fingerprint density at radius 1 is 1.14 bits per heavy atom. The molecule has 0 unspecified atom stereocenters. The summed E-state index contributed by atoms with van der Waals surface area (Å²) < 4.78 is 36.7. The Hall–Kier alpha value is -3.57. The van der Waals surface area contributed by atoms with Gasteiger partial charge in [0.05, 0.1) is 11.4 Å². The minimum Gasteiger partial charge on any atom is -0.472 e. The predicted octanol–water partition coefficient (Wildman–Crippen LogP) is 4.97. The van der Waals surface area contributed by atoms with Crippen LogP contribution >= 0.6 is 25.3 Å². The third-order valence-electron chi connectivity index (χ3n) is 5.28. The molecule has 1 N–H and O–H groups in total. The molecule has 11 heteroatoms. The molecule has 1 aliphatic carbocycles. The number of hydrogen-bond acceptors (Lipinski definition) is 8. The normalized spacial score (nSPS) is 14.5. The molecule has 0 amide bonds. The van der Waals surface area contributed by atoms with E-state index < -0.39 is 17.8 Å². The molecule has 0 spiro atoms. The lowest BCUT2D eigenvalue weighted by Gasteiger charge is -2.17. The van der Waals surface area contributed by atoms with E-state index in [1.807, 2.05) is 19.0 Å². The number of ether oxygens (including phenoxy) is 2. The van der Waals surface area contributed by atoms with E-state index in [1.54, 1.807) is 60.8 Å². The number of fused-ring (bicyclic) bond motifs is 1. The van der Waals surface area contributed by atoms with Crippen molar-refractivity contribution in [3.8, 4) is 17.3 Å². The Morgan fingerprint density at radius 2 is 1.86 bits per heavy atom. The van der Waals surface area contributed by atoms with Crippen molar-refractivity contribution in [2.75, 3.05) is 20.7 Å². The Balaban J connectivity index is 1.91. The number of nitrogens with zero attached hydrogens (tertiary/aromatic N) is 3. The lowest BCUT2D eigenvalue weighted by Crippen LogP contribution is -2.23. The van der Waals surface area contributed by atoms with Crippen LogP contribution in [0, 0.1) is 5.41 Å². The standard InChI is InChI=1S/C26H24F2N4O3S2/c1-31(2)13-17-11-15(3-9-21(17)29)20-12-16-4-10-23(34-14-22(27)28)30-24(16)32(25(20)33)18-5-7-19(8-6-18)35-26(36)37/h3-13,22,26,29,36-37H,14H2,1-2H3/b17-13-,29-21?. The molecule has 0 aliphatic heterocycles. The SMILES string of the molecule is CN(C)/C=C1/C=C(c2cc3ccc(OCC(F)F)nc3n(-c3ccc(OC(S)S)cc3)c2=O)C=CC1=N. The van der Waals surface area contributed by atoms with Crippen LogP contribution in [0.1, 0.15) is 5.56 Å². The third kappa shape index (κ3) is 6.23. The van der Waals surface area contributed by atoms with Crippen molar-refractivity contribution < 1.29 is 18.3 Å². The molecule has 2 aromatic heterocycles. The number of allylic oxidation sites excluding steroid dienone is 5. The molecule has 192 valence electrons. The molecule has 3 aromatic rings. The molecule has 37 heavy (non-hydrogen) atoms. The van der Waals surface area contributed by atoms with Gasteiger partial charge in [-0.1, -0.05) is 6.08 Å². The number of pyridine rings is 2. The predicted molar refractivity (Wildman–Crippen MR) is 148 cm³/mol. The van der Waals surface area contributed by atoms with Crippen LogP contribution < -0.4 is 15.0 Å². The topological polar surface area (TPSA) is 80.4 Å². The first-order valence-corrected chi connectivity index (χ1v) is 12.1. The van der Waals surface area contributed by atoms with E-state index in [0.717, 1.165) is 0 Å². The van der Waals surface area contributed by atoms with E-state index in [2.05, 4.69) is 30.2 Å². The van der Waals surface area contributed by atoms with Crippen LogP contribution in [0.4, 0.5) is 8.78 Å². The first-order valence-electron chi connectivity index (χ1n) is 11.1. The van der Waals surface area contributed by atoms with Crippen LogP contribution in [-0.2, 0) is 0 Å². The summed E-state index contributed by atoms with van der Waals surface area (Å²) in [5.41, 5.74) is 2.32. The molecule has 0 radical (unpaired) electrons. The van der Waals surface area contributed by atoms with Gasteiger partial charge in [-0.25, -0.2) is 8.78 Å². The number of alkyl halides is 2. The van der Waals surface area contributed by atoms with E-state index in [9.17, 15) is 13.6 Å². The van der Waals surface area contributed by atoms with Gasteiger partial charge in [0.25, 0.3) is 12.0 Å². The fraction of sp³-hybridized carbons (Fsp3) is 0.192. The van der Waals surface area contributed by atoms with Gasteiger partial charge in [-0.2, -0.15) is 4.98 Å². The highest BCUT2D eigenvalue weighted by atomic mass is 32.2. The smallest absolute Gasteiger partial charge is 0.272 e. The second-order valence-corrected chi connectivity index (χ2v) is 9.64. The molecule has 4 rings (SSSR count). The summed E-state index contributed by atoms with van der Waals surface area (Å²) in [6.45, 7) is -0.813. The van der Waals surface area contributed by atoms with Gasteiger partial charge in [-0.3, -0.25) is 9.36 Å². The monoisotopic (exact) mass is 542 g/mol. The van der Waals surface area contributed by atoms with Crippen molar-refractivity contribution in [1.29, 1.82) is 5.41 Å². The van der Waals surface area contributed by atoms with Gasteiger partial charge < -0.3 is 19.8 Å². The fourth-order valence-electron chi connectivity index (χ4n) is 3.75. The second kappa shape index (κ2) is 11.2. The quantitative estimate of drug-likeness (QED) is 0.277. The maximum Gasteiger partial charge on any atom is 0.272 e. The minimum absolute atomic E-state index is 0.0249. The lowest BCUT2D eigenvalue weighted by atomic mass is 9.95. The molecule has 0 saturated carbocycles. The highest BCUT2D eigenvalue weighted by Crippen LogP contribution is 2.27. The molecule has 1 aliphatic rings. The second-order valence-electron chi connectivity index (χ2n) is 8.30. The number of aromatic nitrogens is 2. The van der Waals surface area contributed by atoms with Crippen molar-refractivity contribution in [1.82, 2.24) is 14.5 Å². The third-order valence-corrected chi connectivity index (χ3v) is 5.49. The number of benzene rings is 1. The first-order chi connectivity index (χ1) is 17.6. The van der Waals surface area contributed by atoms with Crippen molar-refractivity contribution in [2.45, 2.75) is 11.2 Å². The van der Waals surface area contributed by atoms with Gasteiger partial charge in [-0.15, -0.1) is 25.3 Å². The Bertz CT molecular complexity index is 1480. The molecule has 2 heterocycles. The number of rotatable bonds is 8. The van der Waals surface area contributed by atoms with E-state index in [-0.39, 0.29) is 17.1 Å². The maximum atomic E-state index is 13.9. The Morgan fingerprint density at radius 3 is 2.51 bits per heavy atom. The average Bonchev–Trinajstić information content (AvgIpc) is 2.84. The summed E-state index contributed by atoms with van der Waals surface area (Å²) in [5.74, 6) is 0.471. The summed E-state index contributed by atoms with van der Waals surface area (Å²) in [5, 5.41) is 8.80. The van der Waals surface area contributed by atoms with Gasteiger partial charge >= 0.3 is 0 Å². The highest BCUT2D eigenvalue weighted by molar-refractivity contribution is 7.98. The van der Waals surface area contributed by atoms with Crippen LogP contribution in [-0.4, -0.2) is 52.1 Å². The van der Waals surface area contributed by atoms with Crippen molar-refractivity contribution in [2.24, 2.45) is 0 Å². The molecule has 1 aromatic carbocycles. The van der Waals surface area contributed by atoms with E-state index in [4.69, 9.17) is 14.9 Å². The summed E-state index contributed by atoms with van der Waals surface area (Å²) in [7, 11) is 3.71. The Kier molecular flexibility index (Phi) is 8.03. The van der Waals surface area contributed by atoms with E-state index in [0.29, 0.717) is 39.2 Å². The maximum absolute atomic E-state index is 13.9. The van der Waals surface area contributed by atoms with Crippen LogP contribution in [0.3, 0.4) is 0 Å². The number of thiol groups is 2. The highest BCUT2D eigenvalue weighted by Gasteiger charge is 2.18. The van der Waals surface area contributed by atoms with Crippen LogP contribution in [0.25, 0.3) is 22.3 Å². The molecule has 0 fully saturated rings. The fourth-order valence-corrected chi connectivity index (χ4v) is 4.00. The van der Waals surface area contributed by atoms with Crippen LogP contribution in [0.5, 0.6) is 11.6 Å². The molecule has 7 nitrogen and oxygen atoms in total. The minimum atomic E-state index is -2.66. The van der Waals surface area contributed by atoms with Gasteiger partial charge in [0.15, 0.2) is 17.0 Å². The van der Waals surface area contributed by atoms with Crippen molar-refractivity contribution in [3.05, 3.63) is 88.4 Å². The van der Waals surface area contributed by atoms with E-state index >= 15 is 0 Å². The zero-order valence-corrected chi connectivity index (χ0v) is 21.7. The summed E-state index contributed by atoms with van der Waals surface area (Å²) in [4.78, 5) is 20.1. The molecule has 0 bridgehead atoms. The van der Waals surface area contributed by atoms with Gasteiger partial charge in [0.1, 0.15) is 5.75 Å². The van der Waals surface area contributed by atoms with Crippen LogP contribution in [0.2, 0.25) is 0 Å². The van der Waals surface area contributed by atoms with Crippen molar-refractivity contribution in [3.63, 3.8) is 0 Å². The summed E-state index contributed by atoms with van der Waals surface area (Å²) in [6.07, 6.45) is 4.26. The first kappa shape index (κ1) is 26.5. The van der Waals surface area contributed by atoms with Gasteiger partial charge in [0.2, 0.25) is 5.88 Å². The van der Waals surface area contributed by atoms with Crippen molar-refractivity contribution >= 4 is 47.6 Å². The largest absolute Gasteiger partial charge is 0.472 e. The van der Waals surface area contributed by atoms with Crippen LogP contribution in [0.15, 0.2) is 77.3 Å². The Labute approximate surface area is 223 Å². The van der Waals surface area contributed by atoms with E-state index in [1.165, 1.54) is 10.6 Å². The average molecular weight is 543 g/mol. The zero-order chi connectivity index (χ0) is 26.7. The van der Waals surface area contributed by atoms with Gasteiger partial charge in [-0.05, 0) is 54.1 Å². The lowest BCUT2D eigenvalue weighted by molar-refractivity contribution is 0.0797. The molecular formula is C26H24F2N4O3S2. The summed E-state index contributed by atoms with van der Waals surface area (Å²) >= 11 is 8.19. The molecule has 0 saturated heterocycles. The van der Waals surface area contributed by atoms with Gasteiger partial charge in [0, 0.05) is 42.9 Å². The summed E-state index contributed by atoms with van der Waals surface area (Å²) in [6, 6.07) is 11.5. The zero-order valence-electron chi connectivity index (χ0n) is 19.9. The number of halogens is 2.